The van der Waals surface area contributed by atoms with Gasteiger partial charge in [0.05, 0.1) is 5.69 Å². The van der Waals surface area contributed by atoms with Crippen LogP contribution >= 0.6 is 11.5 Å². The maximum Gasteiger partial charge on any atom is 0.268 e. The van der Waals surface area contributed by atoms with Gasteiger partial charge in [0.1, 0.15) is 4.88 Å². The van der Waals surface area contributed by atoms with Crippen molar-refractivity contribution in [2.24, 2.45) is 0 Å². The molecule has 0 spiro atoms. The zero-order chi connectivity index (χ0) is 14.8. The average molecular weight is 302 g/mol. The summed E-state index contributed by atoms with van der Waals surface area (Å²) < 4.78 is 3.92. The molecule has 0 saturated heterocycles. The van der Waals surface area contributed by atoms with Gasteiger partial charge in [0.25, 0.3) is 5.91 Å². The molecule has 1 aliphatic rings. The van der Waals surface area contributed by atoms with Gasteiger partial charge in [-0.1, -0.05) is 23.5 Å². The van der Waals surface area contributed by atoms with E-state index in [-0.39, 0.29) is 5.91 Å². The van der Waals surface area contributed by atoms with Gasteiger partial charge >= 0.3 is 0 Å². The van der Waals surface area contributed by atoms with Gasteiger partial charge in [0, 0.05) is 18.3 Å². The maximum absolute atomic E-state index is 12.8. The van der Waals surface area contributed by atoms with E-state index in [0.29, 0.717) is 17.5 Å². The standard InChI is InChI=1S/C15H18N4OS/c1-2-13-14(21-18-17-13)15(20)19(12-6-7-12)9-10-4-3-5-11(16)8-10/h3-5,8,12H,2,6-7,9,16H2,1H3. The second kappa shape index (κ2) is 5.81. The van der Waals surface area contributed by atoms with Crippen molar-refractivity contribution in [2.75, 3.05) is 5.73 Å². The number of aromatic nitrogens is 2. The summed E-state index contributed by atoms with van der Waals surface area (Å²) in [6, 6.07) is 8.05. The average Bonchev–Trinajstić information content (AvgIpc) is 3.20. The van der Waals surface area contributed by atoms with Crippen LogP contribution in [0.5, 0.6) is 0 Å². The van der Waals surface area contributed by atoms with Crippen molar-refractivity contribution in [3.63, 3.8) is 0 Å². The van der Waals surface area contributed by atoms with E-state index in [9.17, 15) is 4.79 Å². The second-order valence-corrected chi connectivity index (χ2v) is 6.07. The van der Waals surface area contributed by atoms with E-state index < -0.39 is 0 Å². The quantitative estimate of drug-likeness (QED) is 0.861. The first-order valence-corrected chi connectivity index (χ1v) is 7.93. The molecule has 1 heterocycles. The van der Waals surface area contributed by atoms with Crippen molar-refractivity contribution in [1.82, 2.24) is 14.5 Å². The molecule has 1 aromatic carbocycles. The zero-order valence-electron chi connectivity index (χ0n) is 12.0. The summed E-state index contributed by atoms with van der Waals surface area (Å²) >= 11 is 1.19. The minimum absolute atomic E-state index is 0.0479. The van der Waals surface area contributed by atoms with Gasteiger partial charge in [-0.2, -0.15) is 0 Å². The summed E-state index contributed by atoms with van der Waals surface area (Å²) in [5, 5.41) is 4.04. The molecule has 1 aliphatic carbocycles. The monoisotopic (exact) mass is 302 g/mol. The summed E-state index contributed by atoms with van der Waals surface area (Å²) in [5.74, 6) is 0.0479. The number of aryl methyl sites for hydroxylation is 1. The number of carbonyl (C=O) groups is 1. The van der Waals surface area contributed by atoms with Crippen LogP contribution in [0.1, 0.15) is 40.7 Å². The number of rotatable bonds is 5. The lowest BCUT2D eigenvalue weighted by Gasteiger charge is -2.22. The molecule has 1 amide bonds. The first-order chi connectivity index (χ1) is 10.2. The molecule has 110 valence electrons. The molecule has 2 N–H and O–H groups in total. The molecule has 1 aromatic heterocycles. The highest BCUT2D eigenvalue weighted by atomic mass is 32.1. The number of anilines is 1. The summed E-state index contributed by atoms with van der Waals surface area (Å²) in [6.45, 7) is 2.59. The minimum Gasteiger partial charge on any atom is -0.399 e. The van der Waals surface area contributed by atoms with E-state index in [1.165, 1.54) is 11.5 Å². The van der Waals surface area contributed by atoms with Crippen molar-refractivity contribution in [3.8, 4) is 0 Å². The summed E-state index contributed by atoms with van der Waals surface area (Å²) in [6.07, 6.45) is 2.87. The van der Waals surface area contributed by atoms with Crippen LogP contribution in [0, 0.1) is 0 Å². The van der Waals surface area contributed by atoms with Crippen molar-refractivity contribution < 1.29 is 4.79 Å². The zero-order valence-corrected chi connectivity index (χ0v) is 12.8. The molecule has 0 bridgehead atoms. The highest BCUT2D eigenvalue weighted by Crippen LogP contribution is 2.31. The Morgan fingerprint density at radius 1 is 1.48 bits per heavy atom. The molecule has 0 radical (unpaired) electrons. The molecular formula is C15H18N4OS. The number of nitrogens with two attached hydrogens (primary N) is 1. The van der Waals surface area contributed by atoms with Crippen LogP contribution in [-0.2, 0) is 13.0 Å². The highest BCUT2D eigenvalue weighted by molar-refractivity contribution is 7.08. The predicted octanol–water partition coefficient (Wildman–Crippen LogP) is 2.49. The van der Waals surface area contributed by atoms with Crippen LogP contribution in [0.4, 0.5) is 5.69 Å². The maximum atomic E-state index is 12.8. The molecule has 0 atom stereocenters. The Balaban J connectivity index is 1.83. The molecule has 0 aliphatic heterocycles. The first-order valence-electron chi connectivity index (χ1n) is 7.15. The molecule has 1 fully saturated rings. The molecule has 2 aromatic rings. The Labute approximate surface area is 127 Å². The highest BCUT2D eigenvalue weighted by Gasteiger charge is 2.34. The van der Waals surface area contributed by atoms with Crippen molar-refractivity contribution in [2.45, 2.75) is 38.8 Å². The molecule has 21 heavy (non-hydrogen) atoms. The summed E-state index contributed by atoms with van der Waals surface area (Å²) in [5.41, 5.74) is 8.40. The largest absolute Gasteiger partial charge is 0.399 e. The fourth-order valence-corrected chi connectivity index (χ4v) is 3.08. The van der Waals surface area contributed by atoms with Crippen LogP contribution in [0.25, 0.3) is 0 Å². The van der Waals surface area contributed by atoms with Crippen LogP contribution < -0.4 is 5.73 Å². The fraction of sp³-hybridized carbons (Fsp3) is 0.400. The van der Waals surface area contributed by atoms with Gasteiger partial charge < -0.3 is 10.6 Å². The lowest BCUT2D eigenvalue weighted by molar-refractivity contribution is 0.0733. The number of carbonyl (C=O) groups excluding carboxylic acids is 1. The Hall–Kier alpha value is -1.95. The van der Waals surface area contributed by atoms with E-state index in [1.54, 1.807) is 0 Å². The lowest BCUT2D eigenvalue weighted by Crippen LogP contribution is -2.32. The third kappa shape index (κ3) is 3.05. The third-order valence-corrected chi connectivity index (χ3v) is 4.39. The van der Waals surface area contributed by atoms with Crippen LogP contribution in [0.15, 0.2) is 24.3 Å². The number of nitrogens with zero attached hydrogens (tertiary/aromatic N) is 3. The Bertz CT molecular complexity index is 651. The first kappa shape index (κ1) is 14.0. The minimum atomic E-state index is 0.0479. The van der Waals surface area contributed by atoms with E-state index >= 15 is 0 Å². The molecular weight excluding hydrogens is 284 g/mol. The molecule has 6 heteroatoms. The lowest BCUT2D eigenvalue weighted by atomic mass is 10.1. The molecule has 5 nitrogen and oxygen atoms in total. The van der Waals surface area contributed by atoms with Crippen molar-refractivity contribution in [3.05, 3.63) is 40.4 Å². The number of nitrogen functional groups attached to an aromatic ring is 1. The van der Waals surface area contributed by atoms with Gasteiger partial charge in [-0.25, -0.2) is 0 Å². The van der Waals surface area contributed by atoms with Crippen LogP contribution in [0.3, 0.4) is 0 Å². The Morgan fingerprint density at radius 2 is 2.29 bits per heavy atom. The van der Waals surface area contributed by atoms with E-state index in [1.807, 2.05) is 36.1 Å². The van der Waals surface area contributed by atoms with Gasteiger partial charge in [0.15, 0.2) is 0 Å². The second-order valence-electron chi connectivity index (χ2n) is 5.31. The van der Waals surface area contributed by atoms with E-state index in [0.717, 1.165) is 36.2 Å². The predicted molar refractivity (Wildman–Crippen MR) is 83.0 cm³/mol. The third-order valence-electron chi connectivity index (χ3n) is 3.64. The summed E-state index contributed by atoms with van der Waals surface area (Å²) in [4.78, 5) is 15.4. The van der Waals surface area contributed by atoms with E-state index in [2.05, 4.69) is 9.59 Å². The van der Waals surface area contributed by atoms with Crippen molar-refractivity contribution >= 4 is 23.1 Å². The Kier molecular flexibility index (Phi) is 3.88. The fourth-order valence-electron chi connectivity index (χ4n) is 2.37. The normalized spacial score (nSPS) is 14.1. The summed E-state index contributed by atoms with van der Waals surface area (Å²) in [7, 11) is 0. The smallest absolute Gasteiger partial charge is 0.268 e. The number of benzene rings is 1. The van der Waals surface area contributed by atoms with Crippen LogP contribution in [-0.4, -0.2) is 26.4 Å². The van der Waals surface area contributed by atoms with Crippen LogP contribution in [0.2, 0.25) is 0 Å². The number of amides is 1. The van der Waals surface area contributed by atoms with Gasteiger partial charge in [0.2, 0.25) is 0 Å². The van der Waals surface area contributed by atoms with E-state index in [4.69, 9.17) is 5.73 Å². The number of hydrogen-bond donors (Lipinski definition) is 1. The SMILES string of the molecule is CCc1nnsc1C(=O)N(Cc1cccc(N)c1)C1CC1. The topological polar surface area (TPSA) is 72.1 Å². The molecule has 0 unspecified atom stereocenters. The van der Waals surface area contributed by atoms with Crippen molar-refractivity contribution in [1.29, 1.82) is 0 Å². The molecule has 3 rings (SSSR count). The van der Waals surface area contributed by atoms with Gasteiger partial charge in [-0.05, 0) is 48.5 Å². The van der Waals surface area contributed by atoms with Gasteiger partial charge in [-0.15, -0.1) is 5.10 Å². The molecule has 1 saturated carbocycles. The Morgan fingerprint density at radius 3 is 2.95 bits per heavy atom. The van der Waals surface area contributed by atoms with Gasteiger partial charge in [-0.3, -0.25) is 4.79 Å². The number of hydrogen-bond acceptors (Lipinski definition) is 5.